The number of methoxy groups -OCH3 is 1. The number of ether oxygens (including phenoxy) is 1. The monoisotopic (exact) mass is 233 g/mol. The Hall–Kier alpha value is -1.51. The van der Waals surface area contributed by atoms with Gasteiger partial charge >= 0.3 is 0 Å². The Kier molecular flexibility index (Phi) is 3.67. The number of fused-ring (bicyclic) bond motifs is 1. The lowest BCUT2D eigenvalue weighted by atomic mass is 9.76. The van der Waals surface area contributed by atoms with Gasteiger partial charge in [-0.25, -0.2) is 0 Å². The molecule has 92 valence electrons. The van der Waals surface area contributed by atoms with Gasteiger partial charge in [0.25, 0.3) is 0 Å². The summed E-state index contributed by atoms with van der Waals surface area (Å²) in [6.07, 6.45) is 2.71. The van der Waals surface area contributed by atoms with E-state index in [9.17, 15) is 4.79 Å². The molecular weight excluding hydrogens is 214 g/mol. The molecule has 2 rings (SSSR count). The lowest BCUT2D eigenvalue weighted by Gasteiger charge is -2.30. The fourth-order valence-electron chi connectivity index (χ4n) is 2.28. The first kappa shape index (κ1) is 12.0. The molecule has 1 aliphatic carbocycles. The number of hydrogen-bond acceptors (Lipinski definition) is 2. The Morgan fingerprint density at radius 1 is 1.53 bits per heavy atom. The summed E-state index contributed by atoms with van der Waals surface area (Å²) in [6.45, 7) is 2.65. The van der Waals surface area contributed by atoms with E-state index < -0.39 is 0 Å². The molecule has 1 amide bonds. The molecule has 0 aliphatic heterocycles. The summed E-state index contributed by atoms with van der Waals surface area (Å²) in [7, 11) is 1.69. The molecule has 1 unspecified atom stereocenters. The van der Waals surface area contributed by atoms with Crippen molar-refractivity contribution >= 4 is 5.91 Å². The fraction of sp³-hybridized carbons (Fsp3) is 0.500. The van der Waals surface area contributed by atoms with E-state index in [1.54, 1.807) is 7.11 Å². The third-order valence-corrected chi connectivity index (χ3v) is 3.40. The predicted molar refractivity (Wildman–Crippen MR) is 67.4 cm³/mol. The Balaban J connectivity index is 1.86. The van der Waals surface area contributed by atoms with Crippen LogP contribution in [0, 0.1) is 0 Å². The second kappa shape index (κ2) is 5.21. The molecule has 0 saturated heterocycles. The molecule has 1 aromatic rings. The Labute approximate surface area is 102 Å². The average Bonchev–Trinajstić information content (AvgIpc) is 2.34. The predicted octanol–water partition coefficient (Wildman–Crippen LogP) is 2.25. The number of amides is 1. The van der Waals surface area contributed by atoms with Crippen LogP contribution < -0.4 is 10.1 Å². The lowest BCUT2D eigenvalue weighted by Crippen LogP contribution is -2.27. The Bertz CT molecular complexity index is 415. The smallest absolute Gasteiger partial charge is 0.219 e. The van der Waals surface area contributed by atoms with E-state index in [-0.39, 0.29) is 5.91 Å². The summed E-state index contributed by atoms with van der Waals surface area (Å²) >= 11 is 0. The first-order chi connectivity index (χ1) is 8.24. The van der Waals surface area contributed by atoms with Crippen LogP contribution in [0.1, 0.15) is 36.8 Å². The third-order valence-electron chi connectivity index (χ3n) is 3.40. The Morgan fingerprint density at radius 3 is 3.06 bits per heavy atom. The van der Waals surface area contributed by atoms with Gasteiger partial charge in [-0.05, 0) is 42.0 Å². The zero-order valence-electron chi connectivity index (χ0n) is 10.5. The van der Waals surface area contributed by atoms with E-state index in [0.29, 0.717) is 12.3 Å². The van der Waals surface area contributed by atoms with Gasteiger partial charge in [-0.1, -0.05) is 13.0 Å². The number of carbonyl (C=O) groups is 1. The van der Waals surface area contributed by atoms with Crippen LogP contribution in [-0.4, -0.2) is 19.6 Å². The van der Waals surface area contributed by atoms with Gasteiger partial charge in [0.2, 0.25) is 5.91 Å². The molecule has 3 heteroatoms. The van der Waals surface area contributed by atoms with Gasteiger partial charge in [0, 0.05) is 13.0 Å². The molecule has 0 saturated carbocycles. The standard InChI is InChI=1S/C14H19NO2/c1-3-14(16)15-7-6-11-8-10-4-5-12(17-2)9-13(10)11/h4-5,9,11H,3,6-8H2,1-2H3,(H,15,16). The quantitative estimate of drug-likeness (QED) is 0.847. The second-order valence-electron chi connectivity index (χ2n) is 4.46. The maximum atomic E-state index is 11.1. The number of rotatable bonds is 5. The molecule has 0 radical (unpaired) electrons. The molecule has 0 aromatic heterocycles. The van der Waals surface area contributed by atoms with Gasteiger partial charge in [-0.2, -0.15) is 0 Å². The molecule has 0 fully saturated rings. The topological polar surface area (TPSA) is 38.3 Å². The van der Waals surface area contributed by atoms with E-state index in [1.807, 2.05) is 13.0 Å². The van der Waals surface area contributed by atoms with Crippen LogP contribution in [0.2, 0.25) is 0 Å². The summed E-state index contributed by atoms with van der Waals surface area (Å²) in [4.78, 5) is 11.1. The van der Waals surface area contributed by atoms with Gasteiger partial charge in [0.15, 0.2) is 0 Å². The van der Waals surface area contributed by atoms with Gasteiger partial charge in [-0.3, -0.25) is 4.79 Å². The fourth-order valence-corrected chi connectivity index (χ4v) is 2.28. The van der Waals surface area contributed by atoms with Crippen molar-refractivity contribution in [2.24, 2.45) is 0 Å². The molecule has 1 aromatic carbocycles. The van der Waals surface area contributed by atoms with Crippen molar-refractivity contribution in [1.29, 1.82) is 0 Å². The average molecular weight is 233 g/mol. The number of nitrogens with one attached hydrogen (secondary N) is 1. The van der Waals surface area contributed by atoms with E-state index in [2.05, 4.69) is 17.4 Å². The molecule has 1 atom stereocenters. The van der Waals surface area contributed by atoms with Gasteiger partial charge in [0.05, 0.1) is 7.11 Å². The van der Waals surface area contributed by atoms with Crippen LogP contribution in [-0.2, 0) is 11.2 Å². The van der Waals surface area contributed by atoms with Crippen LogP contribution in [0.25, 0.3) is 0 Å². The highest BCUT2D eigenvalue weighted by Crippen LogP contribution is 2.39. The van der Waals surface area contributed by atoms with E-state index in [0.717, 1.165) is 25.1 Å². The van der Waals surface area contributed by atoms with Crippen LogP contribution >= 0.6 is 0 Å². The van der Waals surface area contributed by atoms with Gasteiger partial charge in [-0.15, -0.1) is 0 Å². The normalized spacial score (nSPS) is 16.9. The SMILES string of the molecule is CCC(=O)NCCC1Cc2ccc(OC)cc21. The van der Waals surface area contributed by atoms with Crippen LogP contribution in [0.3, 0.4) is 0 Å². The maximum absolute atomic E-state index is 11.1. The van der Waals surface area contributed by atoms with Crippen molar-refractivity contribution in [2.75, 3.05) is 13.7 Å². The summed E-state index contributed by atoms with van der Waals surface area (Å²) in [5.74, 6) is 1.64. The van der Waals surface area contributed by atoms with Crippen molar-refractivity contribution in [1.82, 2.24) is 5.32 Å². The Morgan fingerprint density at radius 2 is 2.35 bits per heavy atom. The zero-order chi connectivity index (χ0) is 12.3. The first-order valence-corrected chi connectivity index (χ1v) is 6.18. The number of hydrogen-bond donors (Lipinski definition) is 1. The van der Waals surface area contributed by atoms with Gasteiger partial charge in [0.1, 0.15) is 5.75 Å². The largest absolute Gasteiger partial charge is 0.497 e. The molecule has 1 aliphatic rings. The summed E-state index contributed by atoms with van der Waals surface area (Å²) in [5.41, 5.74) is 2.80. The van der Waals surface area contributed by atoms with Crippen molar-refractivity contribution in [3.8, 4) is 5.75 Å². The minimum absolute atomic E-state index is 0.134. The van der Waals surface area contributed by atoms with Crippen molar-refractivity contribution in [2.45, 2.75) is 32.1 Å². The van der Waals surface area contributed by atoms with E-state index in [4.69, 9.17) is 4.74 Å². The minimum atomic E-state index is 0.134. The highest BCUT2D eigenvalue weighted by molar-refractivity contribution is 5.75. The summed E-state index contributed by atoms with van der Waals surface area (Å²) in [6, 6.07) is 6.26. The van der Waals surface area contributed by atoms with Crippen LogP contribution in [0.4, 0.5) is 0 Å². The summed E-state index contributed by atoms with van der Waals surface area (Å²) < 4.78 is 5.22. The number of carbonyl (C=O) groups excluding carboxylic acids is 1. The number of benzene rings is 1. The van der Waals surface area contributed by atoms with Crippen molar-refractivity contribution in [3.63, 3.8) is 0 Å². The maximum Gasteiger partial charge on any atom is 0.219 e. The van der Waals surface area contributed by atoms with E-state index in [1.165, 1.54) is 11.1 Å². The second-order valence-corrected chi connectivity index (χ2v) is 4.46. The molecule has 0 bridgehead atoms. The molecule has 0 heterocycles. The van der Waals surface area contributed by atoms with Gasteiger partial charge < -0.3 is 10.1 Å². The molecule has 1 N–H and O–H groups in total. The highest BCUT2D eigenvalue weighted by Gasteiger charge is 2.25. The lowest BCUT2D eigenvalue weighted by molar-refractivity contribution is -0.120. The molecule has 17 heavy (non-hydrogen) atoms. The van der Waals surface area contributed by atoms with Crippen molar-refractivity contribution in [3.05, 3.63) is 29.3 Å². The first-order valence-electron chi connectivity index (χ1n) is 6.18. The molecule has 3 nitrogen and oxygen atoms in total. The van der Waals surface area contributed by atoms with Crippen LogP contribution in [0.15, 0.2) is 18.2 Å². The molecule has 0 spiro atoms. The summed E-state index contributed by atoms with van der Waals surface area (Å²) in [5, 5.41) is 2.92. The van der Waals surface area contributed by atoms with Crippen LogP contribution in [0.5, 0.6) is 5.75 Å². The third kappa shape index (κ3) is 2.60. The minimum Gasteiger partial charge on any atom is -0.497 e. The zero-order valence-corrected chi connectivity index (χ0v) is 10.5. The highest BCUT2D eigenvalue weighted by atomic mass is 16.5. The molecular formula is C14H19NO2. The van der Waals surface area contributed by atoms with Crippen molar-refractivity contribution < 1.29 is 9.53 Å². The van der Waals surface area contributed by atoms with E-state index >= 15 is 0 Å².